The molecule has 12 atom stereocenters. The summed E-state index contributed by atoms with van der Waals surface area (Å²) in [6.07, 6.45) is -4.00. The van der Waals surface area contributed by atoms with Crippen molar-refractivity contribution in [2.45, 2.75) is 109 Å². The van der Waals surface area contributed by atoms with E-state index < -0.39 is 135 Å². The van der Waals surface area contributed by atoms with Gasteiger partial charge in [0.2, 0.25) is 46.0 Å². The Bertz CT molecular complexity index is 3910. The Labute approximate surface area is 604 Å². The maximum absolute atomic E-state index is 13.9. The number of halogens is 7. The fourth-order valence-corrected chi connectivity index (χ4v) is 12.5. The number of nitrogens with zero attached hydrogens (tertiary/aromatic N) is 8. The van der Waals surface area contributed by atoms with E-state index in [9.17, 15) is 76.7 Å². The SMILES string of the molecule is C.C1CCOC1.COC(=O)[C@H](C)C[P@](=O)(OC[C@H]1O[C@@](C#N)(c2ccc3c(N)ncnn23)[C@H](O)[C@@H]1O)Oc1ccccc1.COC(=O)[C@H](C)N[P@](=O)(Oc1ccccc1)Oc1c(F)c(F)c(F)c(F)c1F.C[C-](C)C.I.N#C[C@@]1(c2ccc3c(N)ncnn23)O[C@H](CO)[C@@H](O)[C@H]1O.[Cl-].[Mg+2]. The van der Waals surface area contributed by atoms with Crippen molar-refractivity contribution in [3.63, 3.8) is 0 Å². The fourth-order valence-electron chi connectivity index (χ4n) is 9.12. The summed E-state index contributed by atoms with van der Waals surface area (Å²) in [5.41, 5.74) is 8.82. The Balaban J connectivity index is 0.000000478. The van der Waals surface area contributed by atoms with Crippen LogP contribution in [0.15, 0.2) is 97.6 Å². The number of nitrogen functional groups attached to an aromatic ring is 2. The number of ether oxygens (including phenoxy) is 5. The summed E-state index contributed by atoms with van der Waals surface area (Å²) in [5, 5.41) is 80.6. The Hall–Kier alpha value is -6.68. The molecule has 29 nitrogen and oxygen atoms in total. The number of aromatic nitrogens is 6. The molecule has 0 amide bonds. The number of nitrogens with two attached hydrogens (primary N) is 2. The molecule has 0 aliphatic carbocycles. The van der Waals surface area contributed by atoms with Crippen molar-refractivity contribution >= 4 is 97.0 Å². The summed E-state index contributed by atoms with van der Waals surface area (Å²) in [6, 6.07) is 23.7. The van der Waals surface area contributed by atoms with Crippen molar-refractivity contribution in [1.82, 2.24) is 34.3 Å². The third-order valence-electron chi connectivity index (χ3n) is 13.8. The molecule has 0 unspecified atom stereocenters. The van der Waals surface area contributed by atoms with E-state index in [0.717, 1.165) is 27.2 Å². The molecule has 7 heterocycles. The Morgan fingerprint density at radius 2 is 1.12 bits per heavy atom. The van der Waals surface area contributed by atoms with E-state index in [0.29, 0.717) is 11.0 Å². The van der Waals surface area contributed by atoms with Crippen LogP contribution in [0.3, 0.4) is 0 Å². The van der Waals surface area contributed by atoms with E-state index in [4.69, 9.17) is 44.0 Å². The van der Waals surface area contributed by atoms with Crippen LogP contribution in [0.1, 0.15) is 66.3 Å². The minimum atomic E-state index is -4.88. The summed E-state index contributed by atoms with van der Waals surface area (Å²) in [6.45, 7) is 9.85. The minimum absolute atomic E-state index is 0. The van der Waals surface area contributed by atoms with Gasteiger partial charge in [-0.3, -0.25) is 14.1 Å². The van der Waals surface area contributed by atoms with E-state index in [2.05, 4.69) is 50.2 Å². The molecule has 4 aromatic heterocycles. The number of anilines is 2. The summed E-state index contributed by atoms with van der Waals surface area (Å²) >= 11 is 0. The second-order valence-corrected chi connectivity index (χ2v) is 25.0. The Morgan fingerprint density at radius 3 is 1.52 bits per heavy atom. The number of aliphatic hydroxyl groups is 5. The van der Waals surface area contributed by atoms with Crippen LogP contribution < -0.4 is 42.5 Å². The number of aliphatic hydroxyl groups excluding tert-OH is 5. The molecule has 0 bridgehead atoms. The molecule has 3 aromatic carbocycles. The van der Waals surface area contributed by atoms with Crippen molar-refractivity contribution < 1.29 is 120 Å². The van der Waals surface area contributed by atoms with Crippen LogP contribution in [0.4, 0.5) is 33.6 Å². The number of esters is 2. The average Bonchev–Trinajstić information content (AvgIpc) is 1.60. The number of hydrogen-bond acceptors (Lipinski definition) is 26. The second kappa shape index (κ2) is 39.5. The third-order valence-corrected chi connectivity index (χ3v) is 17.4. The minimum Gasteiger partial charge on any atom is -1.00 e. The van der Waals surface area contributed by atoms with Crippen molar-refractivity contribution in [3.05, 3.63) is 144 Å². The van der Waals surface area contributed by atoms with Gasteiger partial charge in [-0.05, 0) is 68.3 Å². The van der Waals surface area contributed by atoms with Gasteiger partial charge in [0.1, 0.15) is 90.0 Å². The second-order valence-electron chi connectivity index (χ2n) is 21.4. The van der Waals surface area contributed by atoms with E-state index in [1.807, 2.05) is 17.2 Å². The van der Waals surface area contributed by atoms with Crippen LogP contribution in [-0.4, -0.2) is 179 Å². The van der Waals surface area contributed by atoms with Crippen LogP contribution >= 0.6 is 39.3 Å². The molecule has 7 aromatic rings. The summed E-state index contributed by atoms with van der Waals surface area (Å²) < 4.78 is 143. The molecule has 0 radical (unpaired) electrons. The first-order chi connectivity index (χ1) is 45.0. The van der Waals surface area contributed by atoms with Gasteiger partial charge >= 0.3 is 50.3 Å². The number of benzene rings is 3. The smallest absolute Gasteiger partial charge is 1.00 e. The molecular weight excluding hydrogens is 1510 g/mol. The first-order valence-corrected chi connectivity index (χ1v) is 31.8. The van der Waals surface area contributed by atoms with Crippen LogP contribution in [0.2, 0.25) is 0 Å². The molecule has 0 saturated carbocycles. The number of methoxy groups -OCH3 is 2. The van der Waals surface area contributed by atoms with Gasteiger partial charge in [-0.25, -0.2) is 41.3 Å². The average molecular weight is 1580 g/mol. The molecule has 10 rings (SSSR count). The number of carbonyl (C=O) groups is 2. The monoisotopic (exact) mass is 1580 g/mol. The summed E-state index contributed by atoms with van der Waals surface area (Å²) in [5.74, 6) is -14.1. The molecule has 3 aliphatic rings. The van der Waals surface area contributed by atoms with Gasteiger partial charge in [-0.2, -0.15) is 55.4 Å². The van der Waals surface area contributed by atoms with E-state index in [1.165, 1.54) is 90.9 Å². The van der Waals surface area contributed by atoms with Crippen LogP contribution in [0.25, 0.3) is 11.0 Å². The van der Waals surface area contributed by atoms with Crippen molar-refractivity contribution in [3.8, 4) is 29.4 Å². The van der Waals surface area contributed by atoms with Gasteiger partial charge in [0, 0.05) is 13.2 Å². The van der Waals surface area contributed by atoms with Gasteiger partial charge in [-0.15, -0.1) is 24.0 Å². The standard InChI is InChI=1S/C23H26N5O8P.C16H13F5NO5P.C12H13N5O4.C4H8O.C4H9.CH4.ClH.HI.Mg/c1-14(22(31)33-2)11-37(32,36-15-6-4-3-5-7-15)34-10-17-19(29)20(30)23(12-24,35-17)18-9-8-16-21(25)26-13-27-28(16)18;1-8(16(23)25-2)22-28(24,26-9-6-4-3-5-7-9)27-15-13(20)11(18)10(17)12(19)14(15)21;13-4-12(10(20)9(19)7(3-18)21-12)8-2-1-6-11(14)15-5-16-17(6)8;1-2-4-5-3-1;1-4(2)3;;;;/h3-9,13-14,17,19-20,29-30H,10-11H2,1-2H3,(H2,25,26,27);3-8H,1-2H3,(H,22,24);1-2,5,7,9-10,18-20H,3H2,(H2,14,15,16);1-4H2;1-3H3;1H4;2*1H;/q;;;;-1;;;;+2/p-1/t14-,17-,19-,20-,23+,37+;8-,28-;7-,9-,10-,12+;;;;;;/m101....../s1. The van der Waals surface area contributed by atoms with E-state index in [1.54, 1.807) is 48.5 Å². The Morgan fingerprint density at radius 1 is 0.707 bits per heavy atom. The van der Waals surface area contributed by atoms with Crippen LogP contribution in [-0.2, 0) is 58.1 Å². The molecule has 10 N–H and O–H groups in total. The quantitative estimate of drug-likeness (QED) is 0.00885. The largest absolute Gasteiger partial charge is 2.00 e. The number of nitriles is 2. The molecule has 3 saturated heterocycles. The number of para-hydroxylation sites is 2. The normalized spacial score (nSPS) is 22.1. The van der Waals surface area contributed by atoms with Crippen molar-refractivity contribution in [2.75, 3.05) is 58.3 Å². The van der Waals surface area contributed by atoms with Crippen LogP contribution in [0.5, 0.6) is 17.2 Å². The zero-order chi connectivity index (χ0) is 70.2. The first kappa shape index (κ1) is 88.4. The summed E-state index contributed by atoms with van der Waals surface area (Å²) in [4.78, 5) is 31.2. The predicted molar refractivity (Wildman–Crippen MR) is 351 cm³/mol. The molecule has 538 valence electrons. The number of hydrogen-bond donors (Lipinski definition) is 8. The first-order valence-electron chi connectivity index (χ1n) is 28.5. The zero-order valence-electron chi connectivity index (χ0n) is 53.4. The van der Waals surface area contributed by atoms with Crippen LogP contribution in [0, 0.1) is 63.6 Å². The van der Waals surface area contributed by atoms with Gasteiger partial charge in [-0.1, -0.05) is 50.7 Å². The zero-order valence-corrected chi connectivity index (χ0v) is 59.6. The van der Waals surface area contributed by atoms with Crippen molar-refractivity contribution in [2.24, 2.45) is 5.92 Å². The topological polar surface area (TPSA) is 425 Å². The Kier molecular flexibility index (Phi) is 35.3. The number of nitrogens with one attached hydrogen (secondary N) is 1. The summed E-state index contributed by atoms with van der Waals surface area (Å²) in [7, 11) is -6.68. The van der Waals surface area contributed by atoms with E-state index >= 15 is 0 Å². The molecule has 3 fully saturated rings. The third kappa shape index (κ3) is 21.2. The van der Waals surface area contributed by atoms with Crippen molar-refractivity contribution in [1.29, 1.82) is 10.5 Å². The number of rotatable bonds is 18. The van der Waals surface area contributed by atoms with E-state index in [-0.39, 0.29) is 108 Å². The molecular formula is C60H74ClF5IMgN11O18P2. The molecule has 0 spiro atoms. The van der Waals surface area contributed by atoms with Gasteiger partial charge < -0.3 is 92.6 Å². The molecule has 99 heavy (non-hydrogen) atoms. The number of carbonyl (C=O) groups excluding carboxylic acids is 2. The fraction of sp³-hybridized carbons (Fsp3) is 0.417. The van der Waals surface area contributed by atoms with Gasteiger partial charge in [0.15, 0.2) is 11.6 Å². The molecule has 3 aliphatic heterocycles. The van der Waals surface area contributed by atoms with Gasteiger partial charge in [0.25, 0.3) is 0 Å². The maximum Gasteiger partial charge on any atom is 2.00 e. The maximum atomic E-state index is 13.9. The van der Waals surface area contributed by atoms with Gasteiger partial charge in [0.05, 0.1) is 50.9 Å². The molecule has 39 heteroatoms. The predicted octanol–water partition coefficient (Wildman–Crippen LogP) is 3.79. The number of fused-ring (bicyclic) bond motifs is 2.